The van der Waals surface area contributed by atoms with Crippen LogP contribution in [0.3, 0.4) is 0 Å². The molecular weight excluding hydrogens is 284 g/mol. The molecule has 1 N–H and O–H groups in total. The smallest absolute Gasteiger partial charge is 0.345 e. The molecule has 0 radical (unpaired) electrons. The summed E-state index contributed by atoms with van der Waals surface area (Å²) in [5, 5.41) is 10.8. The maximum atomic E-state index is 12.5. The Balaban J connectivity index is 1.54. The molecule has 2 atom stereocenters. The van der Waals surface area contributed by atoms with Gasteiger partial charge < -0.3 is 10.0 Å². The number of aliphatic carboxylic acids is 1. The molecule has 6 nitrogen and oxygen atoms in total. The van der Waals surface area contributed by atoms with Crippen molar-refractivity contribution in [3.05, 3.63) is 35.9 Å². The molecule has 2 heterocycles. The lowest BCUT2D eigenvalue weighted by atomic mass is 9.85. The standard InChI is InChI=1S/C16H18N2O4/c19-14(20)12-8-16(6-7-16)13-9-17(12)15(21)18(13)22-10-11-4-2-1-3-5-11/h1-5,12-13H,6-10H2,(H,19,20). The van der Waals surface area contributed by atoms with E-state index in [1.165, 1.54) is 9.96 Å². The van der Waals surface area contributed by atoms with Gasteiger partial charge in [-0.05, 0) is 30.2 Å². The molecule has 1 saturated carbocycles. The SMILES string of the molecule is O=C(O)C1CC2(CC2)C2CN1C(=O)N2OCc1ccccc1. The first kappa shape index (κ1) is 13.6. The molecule has 1 aromatic carbocycles. The molecule has 1 aromatic rings. The summed E-state index contributed by atoms with van der Waals surface area (Å²) < 4.78 is 0. The summed E-state index contributed by atoms with van der Waals surface area (Å²) in [5.74, 6) is -0.914. The van der Waals surface area contributed by atoms with Crippen molar-refractivity contribution < 1.29 is 19.5 Å². The third-order valence-corrected chi connectivity index (χ3v) is 5.16. The Kier molecular flexibility index (Phi) is 2.91. The largest absolute Gasteiger partial charge is 0.480 e. The van der Waals surface area contributed by atoms with Gasteiger partial charge in [0.2, 0.25) is 0 Å². The molecule has 22 heavy (non-hydrogen) atoms. The first-order valence-corrected chi connectivity index (χ1v) is 7.60. The molecule has 4 rings (SSSR count). The van der Waals surface area contributed by atoms with Crippen LogP contribution in [0.4, 0.5) is 4.79 Å². The lowest BCUT2D eigenvalue weighted by molar-refractivity contribution is -0.154. The van der Waals surface area contributed by atoms with Crippen LogP contribution in [0.15, 0.2) is 30.3 Å². The topological polar surface area (TPSA) is 70.1 Å². The second kappa shape index (κ2) is 4.71. The van der Waals surface area contributed by atoms with Crippen molar-refractivity contribution in [1.29, 1.82) is 0 Å². The lowest BCUT2D eigenvalue weighted by Gasteiger charge is -2.34. The summed E-state index contributed by atoms with van der Waals surface area (Å²) in [6, 6.07) is 8.64. The molecule has 2 unspecified atom stereocenters. The second-order valence-corrected chi connectivity index (χ2v) is 6.46. The van der Waals surface area contributed by atoms with E-state index in [4.69, 9.17) is 4.84 Å². The van der Waals surface area contributed by atoms with E-state index in [9.17, 15) is 14.7 Å². The van der Waals surface area contributed by atoms with Crippen molar-refractivity contribution in [2.24, 2.45) is 5.41 Å². The molecule has 2 bridgehead atoms. The fraction of sp³-hybridized carbons (Fsp3) is 0.500. The molecule has 1 aliphatic carbocycles. The number of urea groups is 1. The third kappa shape index (κ3) is 1.98. The zero-order valence-corrected chi connectivity index (χ0v) is 12.1. The van der Waals surface area contributed by atoms with Crippen LogP contribution in [-0.4, -0.2) is 45.7 Å². The molecule has 0 aromatic heterocycles. The van der Waals surface area contributed by atoms with Crippen molar-refractivity contribution in [3.63, 3.8) is 0 Å². The van der Waals surface area contributed by atoms with E-state index in [1.807, 2.05) is 30.3 Å². The Morgan fingerprint density at radius 3 is 2.68 bits per heavy atom. The van der Waals surface area contributed by atoms with Gasteiger partial charge in [0, 0.05) is 6.54 Å². The van der Waals surface area contributed by atoms with Crippen molar-refractivity contribution in [3.8, 4) is 0 Å². The summed E-state index contributed by atoms with van der Waals surface area (Å²) in [6.45, 7) is 0.787. The minimum atomic E-state index is -0.914. The number of hydroxylamine groups is 2. The zero-order chi connectivity index (χ0) is 15.3. The number of carbonyl (C=O) groups excluding carboxylic acids is 1. The molecule has 2 aliphatic heterocycles. The van der Waals surface area contributed by atoms with Crippen LogP contribution in [0, 0.1) is 5.41 Å². The molecule has 3 aliphatic rings. The van der Waals surface area contributed by atoms with Crippen LogP contribution in [0.1, 0.15) is 24.8 Å². The van der Waals surface area contributed by atoms with Gasteiger partial charge in [0.1, 0.15) is 12.6 Å². The molecule has 116 valence electrons. The van der Waals surface area contributed by atoms with Crippen LogP contribution in [0.5, 0.6) is 0 Å². The Hall–Kier alpha value is -2.08. The number of carbonyl (C=O) groups is 2. The Labute approximate surface area is 128 Å². The van der Waals surface area contributed by atoms with E-state index in [-0.39, 0.29) is 17.5 Å². The molecule has 1 spiro atoms. The highest BCUT2D eigenvalue weighted by Gasteiger charge is 2.64. The number of rotatable bonds is 4. The third-order valence-electron chi connectivity index (χ3n) is 5.16. The van der Waals surface area contributed by atoms with E-state index < -0.39 is 12.0 Å². The van der Waals surface area contributed by atoms with E-state index in [0.29, 0.717) is 19.6 Å². The fourth-order valence-corrected chi connectivity index (χ4v) is 3.71. The van der Waals surface area contributed by atoms with Gasteiger partial charge in [-0.2, -0.15) is 5.06 Å². The van der Waals surface area contributed by atoms with E-state index >= 15 is 0 Å². The first-order chi connectivity index (χ1) is 10.6. The van der Waals surface area contributed by atoms with Gasteiger partial charge in [0.15, 0.2) is 0 Å². The number of amides is 2. The van der Waals surface area contributed by atoms with Crippen LogP contribution in [-0.2, 0) is 16.2 Å². The summed E-state index contributed by atoms with van der Waals surface area (Å²) >= 11 is 0. The van der Waals surface area contributed by atoms with Crippen molar-refractivity contribution in [2.45, 2.75) is 38.0 Å². The number of nitrogens with zero attached hydrogens (tertiary/aromatic N) is 2. The summed E-state index contributed by atoms with van der Waals surface area (Å²) in [7, 11) is 0. The summed E-state index contributed by atoms with van der Waals surface area (Å²) in [4.78, 5) is 31.2. The molecule has 2 saturated heterocycles. The first-order valence-electron chi connectivity index (χ1n) is 7.60. The minimum Gasteiger partial charge on any atom is -0.480 e. The van der Waals surface area contributed by atoms with Crippen molar-refractivity contribution in [2.75, 3.05) is 6.54 Å². The van der Waals surface area contributed by atoms with Crippen LogP contribution in [0.25, 0.3) is 0 Å². The number of benzene rings is 1. The lowest BCUT2D eigenvalue weighted by Crippen LogP contribution is -2.49. The highest BCUT2D eigenvalue weighted by molar-refractivity contribution is 5.85. The van der Waals surface area contributed by atoms with E-state index in [2.05, 4.69) is 0 Å². The van der Waals surface area contributed by atoms with Crippen LogP contribution >= 0.6 is 0 Å². The van der Waals surface area contributed by atoms with Gasteiger partial charge in [0.05, 0.1) is 6.04 Å². The minimum absolute atomic E-state index is 0.0145. The van der Waals surface area contributed by atoms with Gasteiger partial charge in [0.25, 0.3) is 0 Å². The van der Waals surface area contributed by atoms with Crippen molar-refractivity contribution in [1.82, 2.24) is 9.96 Å². The maximum absolute atomic E-state index is 12.5. The molecule has 2 amide bonds. The Morgan fingerprint density at radius 2 is 2.05 bits per heavy atom. The quantitative estimate of drug-likeness (QED) is 0.921. The highest BCUT2D eigenvalue weighted by Crippen LogP contribution is 2.59. The second-order valence-electron chi connectivity index (χ2n) is 6.46. The van der Waals surface area contributed by atoms with Crippen LogP contribution < -0.4 is 0 Å². The highest BCUT2D eigenvalue weighted by atomic mass is 16.7. The Bertz CT molecular complexity index is 614. The van der Waals surface area contributed by atoms with Gasteiger partial charge >= 0.3 is 12.0 Å². The monoisotopic (exact) mass is 302 g/mol. The summed E-state index contributed by atoms with van der Waals surface area (Å²) in [6.07, 6.45) is 2.51. The molecule has 3 fully saturated rings. The van der Waals surface area contributed by atoms with Gasteiger partial charge in [-0.15, -0.1) is 0 Å². The number of carboxylic acid groups (broad SMARTS) is 1. The molecular formula is C16H18N2O4. The predicted molar refractivity (Wildman–Crippen MR) is 76.7 cm³/mol. The average Bonchev–Trinajstić information content (AvgIpc) is 3.23. The van der Waals surface area contributed by atoms with E-state index in [1.54, 1.807) is 0 Å². The van der Waals surface area contributed by atoms with Gasteiger partial charge in [-0.3, -0.25) is 4.84 Å². The number of hydrogen-bond donors (Lipinski definition) is 1. The van der Waals surface area contributed by atoms with E-state index in [0.717, 1.165) is 18.4 Å². The number of hydrogen-bond acceptors (Lipinski definition) is 3. The molecule has 6 heteroatoms. The zero-order valence-electron chi connectivity index (χ0n) is 12.1. The van der Waals surface area contributed by atoms with Gasteiger partial charge in [-0.25, -0.2) is 9.59 Å². The summed E-state index contributed by atoms with van der Waals surface area (Å²) in [5.41, 5.74) is 0.939. The predicted octanol–water partition coefficient (Wildman–Crippen LogP) is 1.86. The fourth-order valence-electron chi connectivity index (χ4n) is 3.71. The normalized spacial score (nSPS) is 28.3. The van der Waals surface area contributed by atoms with Crippen LogP contribution in [0.2, 0.25) is 0 Å². The number of carboxylic acids is 1. The number of piperidine rings is 1. The number of fused-ring (bicyclic) bond motifs is 3. The van der Waals surface area contributed by atoms with Gasteiger partial charge in [-0.1, -0.05) is 30.3 Å². The maximum Gasteiger partial charge on any atom is 0.345 e. The Morgan fingerprint density at radius 1 is 1.32 bits per heavy atom. The average molecular weight is 302 g/mol. The van der Waals surface area contributed by atoms with Crippen molar-refractivity contribution >= 4 is 12.0 Å².